The van der Waals surface area contributed by atoms with E-state index in [4.69, 9.17) is 9.79 Å². The highest BCUT2D eigenvalue weighted by Gasteiger charge is 2.27. The average molecular weight is 222 g/mol. The number of carbonyl (C=O) groups is 1. The maximum atomic E-state index is 11.0. The smallest absolute Gasteiger partial charge is 0.391 e. The fourth-order valence-corrected chi connectivity index (χ4v) is 2.00. The Hall–Kier alpha value is -0.640. The molecule has 0 aromatic heterocycles. The highest BCUT2D eigenvalue weighted by atomic mass is 31.2. The van der Waals surface area contributed by atoms with E-state index in [1.807, 2.05) is 0 Å². The summed E-state index contributed by atoms with van der Waals surface area (Å²) in [5.41, 5.74) is -0.0245. The Morgan fingerprint density at radius 3 is 1.93 bits per heavy atom. The molecule has 0 amide bonds. The van der Waals surface area contributed by atoms with Gasteiger partial charge >= 0.3 is 13.6 Å². The highest BCUT2D eigenvalue weighted by molar-refractivity contribution is 7.56. The van der Waals surface area contributed by atoms with Crippen molar-refractivity contribution in [2.24, 2.45) is 0 Å². The van der Waals surface area contributed by atoms with Gasteiger partial charge < -0.3 is 14.5 Å². The topological polar surface area (TPSA) is 83.8 Å². The first-order valence-corrected chi connectivity index (χ1v) is 5.90. The van der Waals surface area contributed by atoms with Gasteiger partial charge in [-0.05, 0) is 18.4 Å². The Bertz CT molecular complexity index is 282. The van der Waals surface area contributed by atoms with Gasteiger partial charge in [0.1, 0.15) is 0 Å². The van der Waals surface area contributed by atoms with Crippen LogP contribution >= 0.6 is 7.60 Å². The van der Waals surface area contributed by atoms with E-state index >= 15 is 0 Å². The van der Waals surface area contributed by atoms with Gasteiger partial charge in [-0.2, -0.15) is 0 Å². The summed E-state index contributed by atoms with van der Waals surface area (Å²) < 4.78 is 15.5. The third-order valence-corrected chi connectivity index (χ3v) is 2.60. The number of ether oxygens (including phenoxy) is 1. The Morgan fingerprint density at radius 2 is 1.71 bits per heavy atom. The molecule has 0 aliphatic carbocycles. The zero-order valence-electron chi connectivity index (χ0n) is 8.48. The molecule has 0 aliphatic heterocycles. The molecule has 0 fully saturated rings. The van der Waals surface area contributed by atoms with Gasteiger partial charge in [-0.25, -0.2) is 0 Å². The predicted octanol–water partition coefficient (Wildman–Crippen LogP) is 1.76. The highest BCUT2D eigenvalue weighted by Crippen LogP contribution is 2.48. The molecule has 0 radical (unpaired) electrons. The molecule has 0 aromatic rings. The SMILES string of the molecule is CCC(CC)=C(OC(C)=O)P(=O)(O)O. The van der Waals surface area contributed by atoms with Crippen LogP contribution in [0.2, 0.25) is 0 Å². The lowest BCUT2D eigenvalue weighted by Crippen LogP contribution is -2.03. The molecular formula is C8H15O5P. The van der Waals surface area contributed by atoms with Crippen molar-refractivity contribution < 1.29 is 23.9 Å². The predicted molar refractivity (Wildman–Crippen MR) is 51.4 cm³/mol. The van der Waals surface area contributed by atoms with Crippen molar-refractivity contribution in [2.75, 3.05) is 0 Å². The van der Waals surface area contributed by atoms with Gasteiger partial charge in [0.15, 0.2) is 0 Å². The second-order valence-corrected chi connectivity index (χ2v) is 4.25. The van der Waals surface area contributed by atoms with Gasteiger partial charge in [-0.1, -0.05) is 13.8 Å². The van der Waals surface area contributed by atoms with E-state index < -0.39 is 19.1 Å². The first kappa shape index (κ1) is 13.4. The van der Waals surface area contributed by atoms with Gasteiger partial charge in [0.05, 0.1) is 0 Å². The average Bonchev–Trinajstić information content (AvgIpc) is 2.02. The zero-order valence-corrected chi connectivity index (χ0v) is 9.38. The molecule has 0 saturated heterocycles. The Labute approximate surface area is 82.9 Å². The van der Waals surface area contributed by atoms with Gasteiger partial charge in [0.2, 0.25) is 5.50 Å². The Balaban J connectivity index is 5.18. The van der Waals surface area contributed by atoms with Crippen molar-refractivity contribution in [1.29, 1.82) is 0 Å². The van der Waals surface area contributed by atoms with Crippen molar-refractivity contribution in [2.45, 2.75) is 33.6 Å². The third kappa shape index (κ3) is 4.05. The van der Waals surface area contributed by atoms with E-state index in [-0.39, 0.29) is 0 Å². The van der Waals surface area contributed by atoms with E-state index in [1.54, 1.807) is 13.8 Å². The summed E-state index contributed by atoms with van der Waals surface area (Å²) in [7, 11) is -4.48. The van der Waals surface area contributed by atoms with Crippen LogP contribution < -0.4 is 0 Å². The molecular weight excluding hydrogens is 207 g/mol. The normalized spacial score (nSPS) is 10.9. The molecule has 0 saturated carbocycles. The zero-order chi connectivity index (χ0) is 11.4. The van der Waals surface area contributed by atoms with Crippen LogP contribution in [-0.4, -0.2) is 15.8 Å². The number of esters is 1. The molecule has 0 bridgehead atoms. The second-order valence-electron chi connectivity index (χ2n) is 2.75. The number of allylic oxidation sites excluding steroid dienone is 1. The number of rotatable bonds is 4. The van der Waals surface area contributed by atoms with E-state index in [0.717, 1.165) is 6.92 Å². The maximum absolute atomic E-state index is 11.0. The minimum Gasteiger partial charge on any atom is -0.418 e. The van der Waals surface area contributed by atoms with Gasteiger partial charge in [-0.3, -0.25) is 9.36 Å². The molecule has 0 spiro atoms. The lowest BCUT2D eigenvalue weighted by atomic mass is 10.2. The summed E-state index contributed by atoms with van der Waals surface area (Å²) in [6.07, 6.45) is 0.897. The molecule has 14 heavy (non-hydrogen) atoms. The maximum Gasteiger partial charge on any atom is 0.391 e. The molecule has 5 nitrogen and oxygen atoms in total. The van der Waals surface area contributed by atoms with Crippen LogP contribution in [0.5, 0.6) is 0 Å². The number of hydrogen-bond acceptors (Lipinski definition) is 3. The van der Waals surface area contributed by atoms with Crippen LogP contribution in [0.4, 0.5) is 0 Å². The summed E-state index contributed by atoms with van der Waals surface area (Å²) >= 11 is 0. The van der Waals surface area contributed by atoms with E-state index in [0.29, 0.717) is 18.4 Å². The first-order chi connectivity index (χ1) is 6.32. The molecule has 2 N–H and O–H groups in total. The minimum absolute atomic E-state index is 0.449. The van der Waals surface area contributed by atoms with E-state index in [9.17, 15) is 9.36 Å². The van der Waals surface area contributed by atoms with Crippen molar-refractivity contribution in [3.05, 3.63) is 11.1 Å². The van der Waals surface area contributed by atoms with Gasteiger partial charge in [-0.15, -0.1) is 0 Å². The summed E-state index contributed by atoms with van der Waals surface area (Å²) in [6.45, 7) is 4.61. The van der Waals surface area contributed by atoms with Crippen LogP contribution in [0, 0.1) is 0 Å². The standard InChI is InChI=1S/C8H15O5P/c1-4-7(5-2)8(13-6(3)9)14(10,11)12/h4-5H2,1-3H3,(H2,10,11,12). The summed E-state index contributed by atoms with van der Waals surface area (Å²) in [4.78, 5) is 28.5. The van der Waals surface area contributed by atoms with Crippen LogP contribution in [-0.2, 0) is 14.1 Å². The third-order valence-electron chi connectivity index (χ3n) is 1.66. The van der Waals surface area contributed by atoms with Gasteiger partial charge in [0, 0.05) is 6.92 Å². The fraction of sp³-hybridized carbons (Fsp3) is 0.625. The molecule has 82 valence electrons. The van der Waals surface area contributed by atoms with Crippen LogP contribution in [0.25, 0.3) is 0 Å². The molecule has 0 rings (SSSR count). The minimum atomic E-state index is -4.48. The van der Waals surface area contributed by atoms with Crippen LogP contribution in [0.15, 0.2) is 11.1 Å². The molecule has 0 aliphatic rings. The Kier molecular flexibility index (Phi) is 5.05. The fourth-order valence-electron chi connectivity index (χ4n) is 1.03. The molecule has 0 unspecified atom stereocenters. The van der Waals surface area contributed by atoms with E-state index in [2.05, 4.69) is 4.74 Å². The molecule has 0 aromatic carbocycles. The summed E-state index contributed by atoms with van der Waals surface area (Å²) in [6, 6.07) is 0. The second kappa shape index (κ2) is 5.29. The number of carbonyl (C=O) groups excluding carboxylic acids is 1. The number of hydrogen-bond donors (Lipinski definition) is 2. The lowest BCUT2D eigenvalue weighted by molar-refractivity contribution is -0.136. The summed E-state index contributed by atoms with van der Waals surface area (Å²) in [5.74, 6) is -0.720. The monoisotopic (exact) mass is 222 g/mol. The first-order valence-electron chi connectivity index (χ1n) is 4.29. The quantitative estimate of drug-likeness (QED) is 0.430. The van der Waals surface area contributed by atoms with E-state index in [1.165, 1.54) is 0 Å². The largest absolute Gasteiger partial charge is 0.418 e. The molecule has 0 heterocycles. The van der Waals surface area contributed by atoms with Crippen LogP contribution in [0.1, 0.15) is 33.6 Å². The van der Waals surface area contributed by atoms with Crippen molar-refractivity contribution >= 4 is 13.6 Å². The van der Waals surface area contributed by atoms with Crippen LogP contribution in [0.3, 0.4) is 0 Å². The van der Waals surface area contributed by atoms with Crippen molar-refractivity contribution in [3.63, 3.8) is 0 Å². The van der Waals surface area contributed by atoms with Gasteiger partial charge in [0.25, 0.3) is 0 Å². The summed E-state index contributed by atoms with van der Waals surface area (Å²) in [5, 5.41) is 0. The molecule has 6 heteroatoms. The van der Waals surface area contributed by atoms with Crippen molar-refractivity contribution in [1.82, 2.24) is 0 Å². The Morgan fingerprint density at radius 1 is 1.29 bits per heavy atom. The van der Waals surface area contributed by atoms with Crippen molar-refractivity contribution in [3.8, 4) is 0 Å². The molecule has 0 atom stereocenters. The lowest BCUT2D eigenvalue weighted by Gasteiger charge is -2.12.